The van der Waals surface area contributed by atoms with E-state index in [1.165, 1.54) is 5.56 Å². The number of carboxylic acid groups (broad SMARTS) is 1. The maximum Gasteiger partial charge on any atom is 0.308 e. The molecule has 0 radical (unpaired) electrons. The van der Waals surface area contributed by atoms with E-state index in [9.17, 15) is 14.7 Å². The fraction of sp³-hybridized carbons (Fsp3) is 0.500. The lowest BCUT2D eigenvalue weighted by atomic mass is 9.90. The Morgan fingerprint density at radius 1 is 1.18 bits per heavy atom. The summed E-state index contributed by atoms with van der Waals surface area (Å²) in [4.78, 5) is 26.6. The molecule has 1 N–H and O–H groups in total. The number of carboxylic acids is 1. The summed E-state index contributed by atoms with van der Waals surface area (Å²) < 4.78 is 1.94. The van der Waals surface area contributed by atoms with Gasteiger partial charge >= 0.3 is 5.97 Å². The number of hydrogen-bond donors (Lipinski definition) is 1. The number of benzene rings is 1. The van der Waals surface area contributed by atoms with Crippen molar-refractivity contribution >= 4 is 11.9 Å². The highest BCUT2D eigenvalue weighted by atomic mass is 16.4. The Labute approximate surface area is 165 Å². The van der Waals surface area contributed by atoms with Crippen LogP contribution in [0.15, 0.2) is 18.2 Å². The molecule has 148 valence electrons. The van der Waals surface area contributed by atoms with Crippen molar-refractivity contribution in [1.82, 2.24) is 14.7 Å². The highest BCUT2D eigenvalue weighted by Gasteiger charge is 2.38. The third-order valence-electron chi connectivity index (χ3n) is 6.28. The first-order chi connectivity index (χ1) is 13.4. The van der Waals surface area contributed by atoms with Gasteiger partial charge in [-0.05, 0) is 64.5 Å². The van der Waals surface area contributed by atoms with Gasteiger partial charge in [0.15, 0.2) is 5.69 Å². The van der Waals surface area contributed by atoms with E-state index in [-0.39, 0.29) is 11.9 Å². The molecule has 2 heterocycles. The first kappa shape index (κ1) is 18.7. The molecule has 0 unspecified atom stereocenters. The molecule has 1 aliphatic carbocycles. The van der Waals surface area contributed by atoms with Crippen molar-refractivity contribution in [3.8, 4) is 5.69 Å². The fourth-order valence-electron chi connectivity index (χ4n) is 4.75. The Hall–Kier alpha value is -2.63. The minimum absolute atomic E-state index is 0.125. The van der Waals surface area contributed by atoms with Gasteiger partial charge in [-0.1, -0.05) is 17.7 Å². The van der Waals surface area contributed by atoms with E-state index in [1.807, 2.05) is 11.6 Å². The van der Waals surface area contributed by atoms with E-state index in [4.69, 9.17) is 5.10 Å². The van der Waals surface area contributed by atoms with Crippen molar-refractivity contribution in [3.63, 3.8) is 0 Å². The van der Waals surface area contributed by atoms with Gasteiger partial charge in [-0.3, -0.25) is 9.59 Å². The van der Waals surface area contributed by atoms with Crippen LogP contribution in [0.3, 0.4) is 0 Å². The minimum atomic E-state index is -0.823. The normalized spacial score (nSPS) is 21.6. The molecule has 2 aromatic rings. The number of carbonyl (C=O) groups excluding carboxylic acids is 1. The summed E-state index contributed by atoms with van der Waals surface area (Å²) in [5.41, 5.74) is 6.00. The number of aliphatic carboxylic acids is 1. The first-order valence-electron chi connectivity index (χ1n) is 10.1. The van der Waals surface area contributed by atoms with Gasteiger partial charge in [-0.15, -0.1) is 0 Å². The average molecular weight is 381 g/mol. The van der Waals surface area contributed by atoms with Crippen LogP contribution in [0.1, 0.15) is 59.1 Å². The number of piperidine rings is 1. The molecule has 1 aliphatic heterocycles. The lowest BCUT2D eigenvalue weighted by Gasteiger charge is -2.37. The van der Waals surface area contributed by atoms with E-state index in [2.05, 4.69) is 32.0 Å². The van der Waals surface area contributed by atoms with Gasteiger partial charge in [0.1, 0.15) is 0 Å². The molecule has 1 fully saturated rings. The molecule has 6 heteroatoms. The number of carbonyl (C=O) groups is 2. The number of hydrogen-bond acceptors (Lipinski definition) is 3. The minimum Gasteiger partial charge on any atom is -0.481 e. The van der Waals surface area contributed by atoms with Crippen LogP contribution in [0.2, 0.25) is 0 Å². The molecule has 0 saturated carbocycles. The summed E-state index contributed by atoms with van der Waals surface area (Å²) >= 11 is 0. The van der Waals surface area contributed by atoms with Gasteiger partial charge in [0.2, 0.25) is 0 Å². The molecule has 1 saturated heterocycles. The molecule has 6 nitrogen and oxygen atoms in total. The summed E-state index contributed by atoms with van der Waals surface area (Å²) in [6.45, 7) is 6.57. The molecule has 28 heavy (non-hydrogen) atoms. The van der Waals surface area contributed by atoms with E-state index in [1.54, 1.807) is 4.90 Å². The van der Waals surface area contributed by atoms with Crippen LogP contribution in [0.5, 0.6) is 0 Å². The summed E-state index contributed by atoms with van der Waals surface area (Å²) in [5, 5.41) is 14.2. The molecule has 4 rings (SSSR count). The van der Waals surface area contributed by atoms with Gasteiger partial charge in [-0.2, -0.15) is 5.10 Å². The Bertz CT molecular complexity index is 947. The number of nitrogens with zero attached hydrogens (tertiary/aromatic N) is 3. The SMILES string of the molecule is Cc1ccc(-n2nc(C(=O)N3CCC[C@@H](C(=O)O)[C@H]3C)c3c2CCC3)c(C)c1. The third-order valence-corrected chi connectivity index (χ3v) is 6.28. The molecule has 1 aromatic carbocycles. The maximum atomic E-state index is 13.4. The number of aromatic nitrogens is 2. The zero-order valence-electron chi connectivity index (χ0n) is 16.7. The maximum absolute atomic E-state index is 13.4. The number of amides is 1. The second-order valence-corrected chi connectivity index (χ2v) is 8.16. The first-order valence-corrected chi connectivity index (χ1v) is 10.1. The summed E-state index contributed by atoms with van der Waals surface area (Å²) in [7, 11) is 0. The second-order valence-electron chi connectivity index (χ2n) is 8.16. The second kappa shape index (κ2) is 7.08. The zero-order chi connectivity index (χ0) is 20.0. The average Bonchev–Trinajstić information content (AvgIpc) is 3.24. The van der Waals surface area contributed by atoms with Crippen LogP contribution in [0.4, 0.5) is 0 Å². The molecule has 0 spiro atoms. The molecule has 1 amide bonds. The quantitative estimate of drug-likeness (QED) is 0.885. The van der Waals surface area contributed by atoms with Crippen LogP contribution in [-0.4, -0.2) is 44.3 Å². The highest BCUT2D eigenvalue weighted by Crippen LogP contribution is 2.32. The summed E-state index contributed by atoms with van der Waals surface area (Å²) in [6, 6.07) is 5.94. The van der Waals surface area contributed by atoms with Gasteiger partial charge in [-0.25, -0.2) is 4.68 Å². The molecular weight excluding hydrogens is 354 g/mol. The lowest BCUT2D eigenvalue weighted by molar-refractivity contribution is -0.144. The van der Waals surface area contributed by atoms with Gasteiger partial charge in [0, 0.05) is 23.8 Å². The van der Waals surface area contributed by atoms with E-state index in [0.29, 0.717) is 25.1 Å². The molecule has 2 atom stereocenters. The van der Waals surface area contributed by atoms with Crippen molar-refractivity contribution < 1.29 is 14.7 Å². The standard InChI is InChI=1S/C22H27N3O3/c1-13-9-10-18(14(2)12-13)25-19-8-4-6-17(19)20(23-25)21(26)24-11-5-7-16(15(24)3)22(27)28/h9-10,12,15-16H,4-8,11H2,1-3H3,(H,27,28)/t15-,16-/m1/s1. The lowest BCUT2D eigenvalue weighted by Crippen LogP contribution is -2.49. The number of aryl methyl sites for hydroxylation is 2. The van der Waals surface area contributed by atoms with Crippen molar-refractivity contribution in [2.45, 2.75) is 58.9 Å². The largest absolute Gasteiger partial charge is 0.481 e. The molecular formula is C22H27N3O3. The van der Waals surface area contributed by atoms with Crippen LogP contribution in [0, 0.1) is 19.8 Å². The smallest absolute Gasteiger partial charge is 0.308 e. The van der Waals surface area contributed by atoms with Gasteiger partial charge in [0.25, 0.3) is 5.91 Å². The fourth-order valence-corrected chi connectivity index (χ4v) is 4.75. The Balaban J connectivity index is 1.73. The summed E-state index contributed by atoms with van der Waals surface area (Å²) in [6.07, 6.45) is 4.12. The number of rotatable bonds is 3. The van der Waals surface area contributed by atoms with Crippen LogP contribution in [-0.2, 0) is 17.6 Å². The van der Waals surface area contributed by atoms with Crippen molar-refractivity contribution in [2.24, 2.45) is 5.92 Å². The van der Waals surface area contributed by atoms with Gasteiger partial charge < -0.3 is 10.0 Å². The predicted molar refractivity (Wildman–Crippen MR) is 106 cm³/mol. The van der Waals surface area contributed by atoms with Crippen LogP contribution in [0.25, 0.3) is 5.69 Å². The third kappa shape index (κ3) is 3.01. The van der Waals surface area contributed by atoms with E-state index in [0.717, 1.165) is 41.8 Å². The highest BCUT2D eigenvalue weighted by molar-refractivity contribution is 5.95. The zero-order valence-corrected chi connectivity index (χ0v) is 16.7. The Morgan fingerprint density at radius 2 is 1.96 bits per heavy atom. The topological polar surface area (TPSA) is 75.4 Å². The monoisotopic (exact) mass is 381 g/mol. The molecule has 2 aliphatic rings. The molecule has 0 bridgehead atoms. The summed E-state index contributed by atoms with van der Waals surface area (Å²) in [5.74, 6) is -1.46. The van der Waals surface area contributed by atoms with E-state index < -0.39 is 11.9 Å². The van der Waals surface area contributed by atoms with Crippen molar-refractivity contribution in [2.75, 3.05) is 6.54 Å². The Kier molecular flexibility index (Phi) is 4.73. The van der Waals surface area contributed by atoms with Crippen LogP contribution < -0.4 is 0 Å². The number of likely N-dealkylation sites (tertiary alicyclic amines) is 1. The van der Waals surface area contributed by atoms with Crippen LogP contribution >= 0.6 is 0 Å². The predicted octanol–water partition coefficient (Wildman–Crippen LogP) is 3.30. The number of fused-ring (bicyclic) bond motifs is 1. The van der Waals surface area contributed by atoms with Gasteiger partial charge in [0.05, 0.1) is 11.6 Å². The Morgan fingerprint density at radius 3 is 2.68 bits per heavy atom. The van der Waals surface area contributed by atoms with Crippen molar-refractivity contribution in [3.05, 3.63) is 46.3 Å². The van der Waals surface area contributed by atoms with E-state index >= 15 is 0 Å². The molecule has 1 aromatic heterocycles. The van der Waals surface area contributed by atoms with Crippen molar-refractivity contribution in [1.29, 1.82) is 0 Å².